The maximum absolute atomic E-state index is 5.27. The number of aryl methyl sites for hydroxylation is 1. The van der Waals surface area contributed by atoms with E-state index >= 15 is 0 Å². The molecular weight excluding hydrogens is 268 g/mol. The van der Waals surface area contributed by atoms with Crippen LogP contribution in [0.5, 0.6) is 0 Å². The second-order valence-corrected chi connectivity index (χ2v) is 5.52. The van der Waals surface area contributed by atoms with E-state index in [9.17, 15) is 0 Å². The number of hydrogen-bond donors (Lipinski definition) is 2. The lowest BCUT2D eigenvalue weighted by Gasteiger charge is -2.14. The average molecular weight is 288 g/mol. The van der Waals surface area contributed by atoms with Gasteiger partial charge < -0.3 is 15.1 Å². The molecule has 0 aliphatic heterocycles. The summed E-state index contributed by atoms with van der Waals surface area (Å²) in [5, 5.41) is 6.90. The van der Waals surface area contributed by atoms with Gasteiger partial charge in [0.15, 0.2) is 5.11 Å². The van der Waals surface area contributed by atoms with Gasteiger partial charge >= 0.3 is 0 Å². The predicted molar refractivity (Wildman–Crippen MR) is 87.0 cm³/mol. The van der Waals surface area contributed by atoms with Crippen molar-refractivity contribution in [2.24, 2.45) is 0 Å². The van der Waals surface area contributed by atoms with E-state index in [0.717, 1.165) is 11.4 Å². The van der Waals surface area contributed by atoms with Gasteiger partial charge in [-0.25, -0.2) is 0 Å². The van der Waals surface area contributed by atoms with E-state index in [1.807, 2.05) is 12.1 Å². The fourth-order valence-electron chi connectivity index (χ4n) is 2.16. The summed E-state index contributed by atoms with van der Waals surface area (Å²) in [4.78, 5) is 0. The van der Waals surface area contributed by atoms with Gasteiger partial charge in [-0.3, -0.25) is 0 Å². The third-order valence-electron chi connectivity index (χ3n) is 3.15. The van der Waals surface area contributed by atoms with Crippen LogP contribution in [0.15, 0.2) is 41.0 Å². The number of thiocarbonyl (C=S) groups is 1. The molecule has 0 radical (unpaired) electrons. The maximum atomic E-state index is 5.27. The Morgan fingerprint density at radius 2 is 2.10 bits per heavy atom. The van der Waals surface area contributed by atoms with Crippen LogP contribution in [0.2, 0.25) is 0 Å². The number of furan rings is 1. The van der Waals surface area contributed by atoms with Crippen molar-refractivity contribution in [2.45, 2.75) is 33.2 Å². The third kappa shape index (κ3) is 3.84. The second kappa shape index (κ2) is 6.57. The van der Waals surface area contributed by atoms with Crippen molar-refractivity contribution in [3.63, 3.8) is 0 Å². The summed E-state index contributed by atoms with van der Waals surface area (Å²) in [5.74, 6) is 1.40. The topological polar surface area (TPSA) is 37.2 Å². The zero-order valence-electron chi connectivity index (χ0n) is 12.1. The third-order valence-corrected chi connectivity index (χ3v) is 3.40. The molecule has 2 N–H and O–H groups in total. The standard InChI is InChI=1S/C16H20N2OS/c1-11(2)15-7-6-13(9-12(15)3)18-16(20)17-10-14-5-4-8-19-14/h4-9,11H,10H2,1-3H3,(H2,17,18,20). The molecule has 0 amide bonds. The highest BCUT2D eigenvalue weighted by Crippen LogP contribution is 2.22. The normalized spacial score (nSPS) is 10.6. The molecule has 2 aromatic rings. The minimum Gasteiger partial charge on any atom is -0.467 e. The summed E-state index contributed by atoms with van der Waals surface area (Å²) >= 11 is 5.27. The summed E-state index contributed by atoms with van der Waals surface area (Å²) < 4.78 is 5.25. The number of benzene rings is 1. The molecule has 0 aliphatic rings. The van der Waals surface area contributed by atoms with Gasteiger partial charge in [-0.15, -0.1) is 0 Å². The Morgan fingerprint density at radius 1 is 1.30 bits per heavy atom. The zero-order valence-corrected chi connectivity index (χ0v) is 12.9. The van der Waals surface area contributed by atoms with Crippen molar-refractivity contribution in [1.29, 1.82) is 0 Å². The van der Waals surface area contributed by atoms with Crippen LogP contribution in [0.4, 0.5) is 5.69 Å². The number of anilines is 1. The van der Waals surface area contributed by atoms with E-state index in [0.29, 0.717) is 17.6 Å². The summed E-state index contributed by atoms with van der Waals surface area (Å²) in [6, 6.07) is 10.1. The lowest BCUT2D eigenvalue weighted by atomic mass is 9.98. The predicted octanol–water partition coefficient (Wildman–Crippen LogP) is 4.20. The Labute approximate surface area is 125 Å². The Morgan fingerprint density at radius 3 is 2.70 bits per heavy atom. The quantitative estimate of drug-likeness (QED) is 0.827. The molecule has 106 valence electrons. The molecule has 0 bridgehead atoms. The number of hydrogen-bond acceptors (Lipinski definition) is 2. The van der Waals surface area contributed by atoms with Gasteiger partial charge in [0.2, 0.25) is 0 Å². The molecule has 4 heteroatoms. The molecule has 3 nitrogen and oxygen atoms in total. The van der Waals surface area contributed by atoms with Gasteiger partial charge in [-0.1, -0.05) is 19.9 Å². The van der Waals surface area contributed by atoms with Gasteiger partial charge in [0, 0.05) is 5.69 Å². The average Bonchev–Trinajstić information content (AvgIpc) is 2.89. The largest absolute Gasteiger partial charge is 0.467 e. The lowest BCUT2D eigenvalue weighted by molar-refractivity contribution is 0.503. The van der Waals surface area contributed by atoms with Crippen molar-refractivity contribution in [3.8, 4) is 0 Å². The SMILES string of the molecule is Cc1cc(NC(=S)NCc2ccco2)ccc1C(C)C. The lowest BCUT2D eigenvalue weighted by Crippen LogP contribution is -2.27. The first-order valence-electron chi connectivity index (χ1n) is 6.74. The highest BCUT2D eigenvalue weighted by molar-refractivity contribution is 7.80. The van der Waals surface area contributed by atoms with Gasteiger partial charge in [0.25, 0.3) is 0 Å². The molecule has 2 rings (SSSR count). The molecule has 0 fully saturated rings. The fraction of sp³-hybridized carbons (Fsp3) is 0.312. The Hall–Kier alpha value is -1.81. The second-order valence-electron chi connectivity index (χ2n) is 5.11. The van der Waals surface area contributed by atoms with Crippen molar-refractivity contribution in [1.82, 2.24) is 5.32 Å². The first-order valence-corrected chi connectivity index (χ1v) is 7.15. The maximum Gasteiger partial charge on any atom is 0.171 e. The van der Waals surface area contributed by atoms with Gasteiger partial charge in [-0.05, 0) is 60.5 Å². The van der Waals surface area contributed by atoms with Crippen LogP contribution in [0.3, 0.4) is 0 Å². The van der Waals surface area contributed by atoms with Crippen LogP contribution in [0, 0.1) is 6.92 Å². The molecular formula is C16H20N2OS. The van der Waals surface area contributed by atoms with Crippen LogP contribution in [0.25, 0.3) is 0 Å². The van der Waals surface area contributed by atoms with Gasteiger partial charge in [0.05, 0.1) is 12.8 Å². The molecule has 0 saturated carbocycles. The Balaban J connectivity index is 1.92. The molecule has 1 aromatic heterocycles. The van der Waals surface area contributed by atoms with E-state index in [2.05, 4.69) is 49.6 Å². The zero-order chi connectivity index (χ0) is 14.5. The van der Waals surface area contributed by atoms with Crippen molar-refractivity contribution in [2.75, 3.05) is 5.32 Å². The van der Waals surface area contributed by atoms with Crippen LogP contribution in [0.1, 0.15) is 36.7 Å². The van der Waals surface area contributed by atoms with E-state index in [4.69, 9.17) is 16.6 Å². The Kier molecular flexibility index (Phi) is 4.79. The summed E-state index contributed by atoms with van der Waals surface area (Å²) in [6.07, 6.45) is 1.65. The summed E-state index contributed by atoms with van der Waals surface area (Å²) in [7, 11) is 0. The fourth-order valence-corrected chi connectivity index (χ4v) is 2.35. The molecule has 0 spiro atoms. The van der Waals surface area contributed by atoms with Crippen molar-refractivity contribution >= 4 is 23.0 Å². The van der Waals surface area contributed by atoms with E-state index in [1.54, 1.807) is 6.26 Å². The van der Waals surface area contributed by atoms with Gasteiger partial charge in [-0.2, -0.15) is 0 Å². The minimum atomic E-state index is 0.535. The minimum absolute atomic E-state index is 0.535. The number of rotatable bonds is 4. The molecule has 1 aromatic carbocycles. The molecule has 0 saturated heterocycles. The van der Waals surface area contributed by atoms with Crippen LogP contribution in [-0.4, -0.2) is 5.11 Å². The molecule has 1 heterocycles. The molecule has 0 aliphatic carbocycles. The van der Waals surface area contributed by atoms with Crippen LogP contribution < -0.4 is 10.6 Å². The Bertz CT molecular complexity index is 576. The smallest absolute Gasteiger partial charge is 0.171 e. The summed E-state index contributed by atoms with van der Waals surface area (Å²) in [5.41, 5.74) is 3.65. The monoisotopic (exact) mass is 288 g/mol. The first kappa shape index (κ1) is 14.6. The molecule has 20 heavy (non-hydrogen) atoms. The van der Waals surface area contributed by atoms with E-state index in [1.165, 1.54) is 11.1 Å². The molecule has 0 atom stereocenters. The van der Waals surface area contributed by atoms with Crippen LogP contribution in [-0.2, 0) is 6.54 Å². The van der Waals surface area contributed by atoms with Crippen molar-refractivity contribution in [3.05, 3.63) is 53.5 Å². The highest BCUT2D eigenvalue weighted by Gasteiger charge is 2.05. The van der Waals surface area contributed by atoms with Crippen molar-refractivity contribution < 1.29 is 4.42 Å². The number of nitrogens with one attached hydrogen (secondary N) is 2. The highest BCUT2D eigenvalue weighted by atomic mass is 32.1. The first-order chi connectivity index (χ1) is 9.56. The molecule has 0 unspecified atom stereocenters. The van der Waals surface area contributed by atoms with Gasteiger partial charge in [0.1, 0.15) is 5.76 Å². The van der Waals surface area contributed by atoms with Crippen LogP contribution >= 0.6 is 12.2 Å². The van der Waals surface area contributed by atoms with E-state index < -0.39 is 0 Å². The van der Waals surface area contributed by atoms with E-state index in [-0.39, 0.29) is 0 Å². The summed E-state index contributed by atoms with van der Waals surface area (Å²) in [6.45, 7) is 7.11.